The van der Waals surface area contributed by atoms with Crippen LogP contribution in [0.5, 0.6) is 11.5 Å². The molecule has 0 aliphatic heterocycles. The maximum absolute atomic E-state index is 5.83. The van der Waals surface area contributed by atoms with E-state index in [1.165, 1.54) is 57.8 Å². The van der Waals surface area contributed by atoms with Crippen molar-refractivity contribution < 1.29 is 14.2 Å². The Bertz CT molecular complexity index is 790. The lowest BCUT2D eigenvalue weighted by molar-refractivity contribution is 0.122. The summed E-state index contributed by atoms with van der Waals surface area (Å²) in [4.78, 5) is 8.91. The third-order valence-corrected chi connectivity index (χ3v) is 6.07. The van der Waals surface area contributed by atoms with Crippen molar-refractivity contribution in [2.75, 3.05) is 26.4 Å². The van der Waals surface area contributed by atoms with Gasteiger partial charge in [0.15, 0.2) is 11.6 Å². The zero-order chi connectivity index (χ0) is 25.5. The smallest absolute Gasteiger partial charge is 0.159 e. The zero-order valence-corrected chi connectivity index (χ0v) is 22.8. The monoisotopic (exact) mass is 496 g/mol. The van der Waals surface area contributed by atoms with Crippen molar-refractivity contribution in [3.8, 4) is 22.9 Å². The van der Waals surface area contributed by atoms with Crippen LogP contribution in [-0.4, -0.2) is 36.4 Å². The van der Waals surface area contributed by atoms with E-state index in [4.69, 9.17) is 14.2 Å². The molecule has 0 N–H and O–H groups in total. The predicted octanol–water partition coefficient (Wildman–Crippen LogP) is 8.59. The molecule has 1 aromatic heterocycles. The van der Waals surface area contributed by atoms with Crippen molar-refractivity contribution in [1.29, 1.82) is 0 Å². The fraction of sp³-hybridized carbons (Fsp3) is 0.613. The minimum Gasteiger partial charge on any atom is -0.490 e. The van der Waals surface area contributed by atoms with Gasteiger partial charge in [-0.3, -0.25) is 0 Å². The summed E-state index contributed by atoms with van der Waals surface area (Å²) in [6.45, 7) is 7.40. The summed E-state index contributed by atoms with van der Waals surface area (Å²) >= 11 is 0. The largest absolute Gasteiger partial charge is 0.490 e. The Morgan fingerprint density at radius 1 is 0.611 bits per heavy atom. The van der Waals surface area contributed by atoms with Crippen LogP contribution in [0.1, 0.15) is 97.3 Å². The van der Waals surface area contributed by atoms with E-state index < -0.39 is 0 Å². The molecule has 0 saturated heterocycles. The molecule has 200 valence electrons. The average Bonchev–Trinajstić information content (AvgIpc) is 2.91. The van der Waals surface area contributed by atoms with Crippen molar-refractivity contribution in [3.05, 3.63) is 48.8 Å². The molecular formula is C31H48N2O3. The van der Waals surface area contributed by atoms with Gasteiger partial charge in [-0.25, -0.2) is 9.97 Å². The minimum absolute atomic E-state index is 0.601. The second kappa shape index (κ2) is 20.8. The van der Waals surface area contributed by atoms with E-state index in [0.29, 0.717) is 24.8 Å². The van der Waals surface area contributed by atoms with Gasteiger partial charge >= 0.3 is 0 Å². The lowest BCUT2D eigenvalue weighted by Crippen LogP contribution is -2.02. The number of allylic oxidation sites excluding steroid dienone is 1. The Labute approximate surface area is 219 Å². The summed E-state index contributed by atoms with van der Waals surface area (Å²) in [6.07, 6.45) is 24.0. The lowest BCUT2D eigenvalue weighted by Gasteiger charge is -2.07. The van der Waals surface area contributed by atoms with Gasteiger partial charge in [0.25, 0.3) is 0 Å². The lowest BCUT2D eigenvalue weighted by atomic mass is 10.1. The summed E-state index contributed by atoms with van der Waals surface area (Å²) in [5.41, 5.74) is 0.962. The van der Waals surface area contributed by atoms with Gasteiger partial charge in [-0.1, -0.05) is 77.4 Å². The van der Waals surface area contributed by atoms with Crippen molar-refractivity contribution in [3.63, 3.8) is 0 Å². The second-order valence-electron chi connectivity index (χ2n) is 9.33. The molecule has 0 unspecified atom stereocenters. The van der Waals surface area contributed by atoms with E-state index in [9.17, 15) is 0 Å². The maximum Gasteiger partial charge on any atom is 0.159 e. The van der Waals surface area contributed by atoms with Gasteiger partial charge in [0, 0.05) is 18.8 Å². The first kappa shape index (κ1) is 29.8. The molecule has 2 aromatic rings. The number of ether oxygens (including phenoxy) is 3. The van der Waals surface area contributed by atoms with Crippen LogP contribution in [0.2, 0.25) is 0 Å². The van der Waals surface area contributed by atoms with Gasteiger partial charge in [-0.05, 0) is 56.4 Å². The minimum atomic E-state index is 0.601. The molecule has 0 aliphatic rings. The predicted molar refractivity (Wildman–Crippen MR) is 150 cm³/mol. The standard InChI is InChI=1S/C31H48N2O3/c1-3-5-7-8-9-10-11-12-13-15-24-35-29-20-18-28(19-21-29)31-32-26-30(27-33-31)36-25-17-16-23-34-22-14-6-4-2/h13,15,18-21,26-27H,3-12,14,16-17,22-25H2,1-2H3. The molecule has 0 bridgehead atoms. The van der Waals surface area contributed by atoms with Crippen LogP contribution in [0.15, 0.2) is 48.8 Å². The number of unbranched alkanes of at least 4 members (excludes halogenated alkanes) is 10. The molecule has 5 nitrogen and oxygen atoms in total. The van der Waals surface area contributed by atoms with Crippen LogP contribution in [0.4, 0.5) is 0 Å². The summed E-state index contributed by atoms with van der Waals surface area (Å²) in [6, 6.07) is 7.93. The Kier molecular flexibility index (Phi) is 17.2. The summed E-state index contributed by atoms with van der Waals surface area (Å²) in [5.74, 6) is 2.24. The van der Waals surface area contributed by atoms with Crippen molar-refractivity contribution >= 4 is 0 Å². The average molecular weight is 497 g/mol. The molecule has 0 radical (unpaired) electrons. The highest BCUT2D eigenvalue weighted by Crippen LogP contribution is 2.20. The van der Waals surface area contributed by atoms with E-state index in [-0.39, 0.29) is 0 Å². The normalized spacial score (nSPS) is 11.3. The van der Waals surface area contributed by atoms with Gasteiger partial charge in [-0.15, -0.1) is 0 Å². The molecule has 2 rings (SSSR count). The fourth-order valence-electron chi connectivity index (χ4n) is 3.84. The quantitative estimate of drug-likeness (QED) is 0.121. The Morgan fingerprint density at radius 2 is 1.22 bits per heavy atom. The van der Waals surface area contributed by atoms with E-state index in [1.807, 2.05) is 24.3 Å². The third-order valence-electron chi connectivity index (χ3n) is 6.07. The highest BCUT2D eigenvalue weighted by Gasteiger charge is 2.03. The zero-order valence-electron chi connectivity index (χ0n) is 22.8. The first-order valence-corrected chi connectivity index (χ1v) is 14.2. The number of aromatic nitrogens is 2. The SMILES string of the molecule is CCCCCCCCCC=CCOc1ccc(-c2ncc(OCCCCOCCCCC)cn2)cc1. The van der Waals surface area contributed by atoms with Crippen LogP contribution < -0.4 is 9.47 Å². The molecular weight excluding hydrogens is 448 g/mol. The van der Waals surface area contributed by atoms with Crippen LogP contribution in [0.25, 0.3) is 11.4 Å². The van der Waals surface area contributed by atoms with Crippen LogP contribution in [-0.2, 0) is 4.74 Å². The van der Waals surface area contributed by atoms with Crippen LogP contribution in [0, 0.1) is 0 Å². The van der Waals surface area contributed by atoms with Gasteiger partial charge in [0.1, 0.15) is 12.4 Å². The number of nitrogens with zero attached hydrogens (tertiary/aromatic N) is 2. The van der Waals surface area contributed by atoms with Gasteiger partial charge < -0.3 is 14.2 Å². The maximum atomic E-state index is 5.83. The summed E-state index contributed by atoms with van der Waals surface area (Å²) < 4.78 is 17.2. The van der Waals surface area contributed by atoms with Gasteiger partial charge in [-0.2, -0.15) is 0 Å². The summed E-state index contributed by atoms with van der Waals surface area (Å²) in [5, 5.41) is 0. The molecule has 0 fully saturated rings. The van der Waals surface area contributed by atoms with E-state index in [1.54, 1.807) is 12.4 Å². The fourth-order valence-corrected chi connectivity index (χ4v) is 3.84. The molecule has 0 spiro atoms. The molecule has 0 amide bonds. The Balaban J connectivity index is 1.56. The number of hydrogen-bond donors (Lipinski definition) is 0. The van der Waals surface area contributed by atoms with E-state index >= 15 is 0 Å². The van der Waals surface area contributed by atoms with Crippen molar-refractivity contribution in [2.24, 2.45) is 0 Å². The summed E-state index contributed by atoms with van der Waals surface area (Å²) in [7, 11) is 0. The molecule has 1 heterocycles. The third kappa shape index (κ3) is 14.2. The van der Waals surface area contributed by atoms with E-state index in [0.717, 1.165) is 50.2 Å². The topological polar surface area (TPSA) is 53.5 Å². The molecule has 5 heteroatoms. The number of rotatable bonds is 22. The Morgan fingerprint density at radius 3 is 1.94 bits per heavy atom. The molecule has 0 aliphatic carbocycles. The number of hydrogen-bond acceptors (Lipinski definition) is 5. The van der Waals surface area contributed by atoms with Crippen LogP contribution in [0.3, 0.4) is 0 Å². The highest BCUT2D eigenvalue weighted by atomic mass is 16.5. The van der Waals surface area contributed by atoms with Crippen molar-refractivity contribution in [1.82, 2.24) is 9.97 Å². The van der Waals surface area contributed by atoms with E-state index in [2.05, 4.69) is 36.0 Å². The second-order valence-corrected chi connectivity index (χ2v) is 9.33. The highest BCUT2D eigenvalue weighted by molar-refractivity contribution is 5.56. The van der Waals surface area contributed by atoms with Crippen LogP contribution >= 0.6 is 0 Å². The number of benzene rings is 1. The van der Waals surface area contributed by atoms with Gasteiger partial charge in [0.2, 0.25) is 0 Å². The first-order valence-electron chi connectivity index (χ1n) is 14.2. The molecule has 0 atom stereocenters. The van der Waals surface area contributed by atoms with Gasteiger partial charge in [0.05, 0.1) is 19.0 Å². The molecule has 0 saturated carbocycles. The Hall–Kier alpha value is -2.40. The van der Waals surface area contributed by atoms with Crippen molar-refractivity contribution in [2.45, 2.75) is 97.3 Å². The molecule has 36 heavy (non-hydrogen) atoms. The first-order chi connectivity index (χ1) is 17.8. The molecule has 1 aromatic carbocycles.